The van der Waals surface area contributed by atoms with Crippen molar-refractivity contribution in [3.8, 4) is 11.5 Å². The van der Waals surface area contributed by atoms with Crippen LogP contribution in [0.1, 0.15) is 37.0 Å². The van der Waals surface area contributed by atoms with E-state index in [-0.39, 0.29) is 17.4 Å². The molecule has 1 saturated heterocycles. The van der Waals surface area contributed by atoms with Gasteiger partial charge in [-0.15, -0.1) is 0 Å². The number of amides is 1. The molecule has 0 radical (unpaired) electrons. The number of nitrogens with zero attached hydrogens (tertiary/aromatic N) is 1. The molecule has 1 atom stereocenters. The van der Waals surface area contributed by atoms with Crippen LogP contribution in [0.2, 0.25) is 0 Å². The van der Waals surface area contributed by atoms with Crippen molar-refractivity contribution >= 4 is 23.1 Å². The number of hydrogen-bond donors (Lipinski definition) is 1. The molecule has 33 heavy (non-hydrogen) atoms. The first-order valence-electron chi connectivity index (χ1n) is 10.6. The summed E-state index contributed by atoms with van der Waals surface area (Å²) in [6.07, 6.45) is -0.00202. The first-order chi connectivity index (χ1) is 15.8. The summed E-state index contributed by atoms with van der Waals surface area (Å²) in [5.41, 5.74) is 0.732. The van der Waals surface area contributed by atoms with E-state index in [0.717, 1.165) is 0 Å². The molecular formula is C26H25NO6. The molecule has 3 aromatic rings. The number of aliphatic hydroxyl groups excluding tert-OH is 1. The van der Waals surface area contributed by atoms with Gasteiger partial charge in [-0.1, -0.05) is 12.1 Å². The Kier molecular flexibility index (Phi) is 5.96. The summed E-state index contributed by atoms with van der Waals surface area (Å²) in [5.74, 6) is 0.155. The topological polar surface area (TPSA) is 89.2 Å². The van der Waals surface area contributed by atoms with Crippen molar-refractivity contribution < 1.29 is 28.6 Å². The van der Waals surface area contributed by atoms with Gasteiger partial charge in [-0.2, -0.15) is 0 Å². The van der Waals surface area contributed by atoms with Crippen LogP contribution in [0.3, 0.4) is 0 Å². The van der Waals surface area contributed by atoms with Gasteiger partial charge < -0.3 is 19.0 Å². The molecule has 1 aliphatic heterocycles. The van der Waals surface area contributed by atoms with Gasteiger partial charge in [-0.25, -0.2) is 0 Å². The predicted molar refractivity (Wildman–Crippen MR) is 123 cm³/mol. The fourth-order valence-electron chi connectivity index (χ4n) is 3.90. The molecule has 7 nitrogen and oxygen atoms in total. The van der Waals surface area contributed by atoms with E-state index in [0.29, 0.717) is 34.3 Å². The molecule has 4 rings (SSSR count). The number of aliphatic hydroxyl groups is 1. The second-order valence-corrected chi connectivity index (χ2v) is 7.98. The Morgan fingerprint density at radius 2 is 1.73 bits per heavy atom. The quantitative estimate of drug-likeness (QED) is 0.325. The van der Waals surface area contributed by atoms with Crippen molar-refractivity contribution in [2.45, 2.75) is 32.9 Å². The summed E-state index contributed by atoms with van der Waals surface area (Å²) in [7, 11) is 1.49. The van der Waals surface area contributed by atoms with E-state index in [1.165, 1.54) is 12.0 Å². The van der Waals surface area contributed by atoms with Crippen molar-refractivity contribution in [3.63, 3.8) is 0 Å². The number of ketones is 1. The van der Waals surface area contributed by atoms with Crippen LogP contribution in [0.15, 0.2) is 70.7 Å². The molecule has 7 heteroatoms. The molecule has 2 aromatic carbocycles. The predicted octanol–water partition coefficient (Wildman–Crippen LogP) is 5.01. The summed E-state index contributed by atoms with van der Waals surface area (Å²) in [4.78, 5) is 27.7. The zero-order chi connectivity index (χ0) is 23.7. The standard InChI is InChI=1S/C26H25NO6/c1-15(2)32-18-12-10-17(11-13-18)24(28)22-23(21-14-9-16(3)33-21)27(26(30)25(22)29)19-7-5-6-8-20(19)31-4/h5-15,23,28H,1-4H3/b24-22-. The lowest BCUT2D eigenvalue weighted by molar-refractivity contribution is -0.132. The maximum absolute atomic E-state index is 13.2. The second-order valence-electron chi connectivity index (χ2n) is 7.98. The summed E-state index contributed by atoms with van der Waals surface area (Å²) >= 11 is 0. The number of carbonyl (C=O) groups excluding carboxylic acids is 2. The van der Waals surface area contributed by atoms with E-state index in [9.17, 15) is 14.7 Å². The smallest absolute Gasteiger partial charge is 0.300 e. The molecule has 1 aromatic heterocycles. The number of para-hydroxylation sites is 2. The van der Waals surface area contributed by atoms with Gasteiger partial charge in [0, 0.05) is 5.56 Å². The molecule has 2 heterocycles. The van der Waals surface area contributed by atoms with E-state index < -0.39 is 17.7 Å². The molecule has 1 aliphatic rings. The maximum atomic E-state index is 13.2. The molecular weight excluding hydrogens is 422 g/mol. The molecule has 1 N–H and O–H groups in total. The number of hydrogen-bond acceptors (Lipinski definition) is 6. The third kappa shape index (κ3) is 4.09. The van der Waals surface area contributed by atoms with Gasteiger partial charge in [0.05, 0.1) is 24.5 Å². The lowest BCUT2D eigenvalue weighted by Gasteiger charge is -2.25. The minimum atomic E-state index is -0.957. The van der Waals surface area contributed by atoms with Crippen molar-refractivity contribution in [2.75, 3.05) is 12.0 Å². The number of Topliss-reactive ketones (excluding diaryl/α,β-unsaturated/α-hetero) is 1. The Hall–Kier alpha value is -4.00. The number of carbonyl (C=O) groups is 2. The van der Waals surface area contributed by atoms with Crippen molar-refractivity contribution in [2.24, 2.45) is 0 Å². The van der Waals surface area contributed by atoms with E-state index in [2.05, 4.69) is 0 Å². The average molecular weight is 447 g/mol. The fourth-order valence-corrected chi connectivity index (χ4v) is 3.90. The first-order valence-corrected chi connectivity index (χ1v) is 10.6. The molecule has 0 saturated carbocycles. The van der Waals surface area contributed by atoms with Crippen LogP contribution in [-0.2, 0) is 9.59 Å². The van der Waals surface area contributed by atoms with Crippen molar-refractivity contribution in [1.82, 2.24) is 0 Å². The molecule has 0 bridgehead atoms. The summed E-state index contributed by atoms with van der Waals surface area (Å²) in [6.45, 7) is 5.60. The van der Waals surface area contributed by atoms with Crippen LogP contribution in [-0.4, -0.2) is 30.0 Å². The number of anilines is 1. The van der Waals surface area contributed by atoms with E-state index in [1.807, 2.05) is 13.8 Å². The van der Waals surface area contributed by atoms with Crippen LogP contribution in [0, 0.1) is 6.92 Å². The number of furan rings is 1. The van der Waals surface area contributed by atoms with E-state index in [4.69, 9.17) is 13.9 Å². The molecule has 0 aliphatic carbocycles. The molecule has 0 spiro atoms. The van der Waals surface area contributed by atoms with Gasteiger partial charge >= 0.3 is 0 Å². The van der Waals surface area contributed by atoms with Gasteiger partial charge in [0.25, 0.3) is 11.7 Å². The van der Waals surface area contributed by atoms with Crippen LogP contribution in [0.4, 0.5) is 5.69 Å². The third-order valence-corrected chi connectivity index (χ3v) is 5.32. The highest BCUT2D eigenvalue weighted by atomic mass is 16.5. The highest BCUT2D eigenvalue weighted by molar-refractivity contribution is 6.51. The SMILES string of the molecule is COc1ccccc1N1C(=O)C(=O)/C(=C(\O)c2ccc(OC(C)C)cc2)C1c1ccc(C)o1. The fraction of sp³-hybridized carbons (Fsp3) is 0.231. The van der Waals surface area contributed by atoms with Crippen molar-refractivity contribution in [3.05, 3.63) is 83.3 Å². The Morgan fingerprint density at radius 3 is 2.33 bits per heavy atom. The third-order valence-electron chi connectivity index (χ3n) is 5.32. The minimum Gasteiger partial charge on any atom is -0.507 e. The highest BCUT2D eigenvalue weighted by Gasteiger charge is 2.49. The normalized spacial score (nSPS) is 17.6. The first kappa shape index (κ1) is 22.2. The highest BCUT2D eigenvalue weighted by Crippen LogP contribution is 2.45. The van der Waals surface area contributed by atoms with E-state index in [1.54, 1.807) is 67.6 Å². The summed E-state index contributed by atoms with van der Waals surface area (Å²) in [6, 6.07) is 16.1. The largest absolute Gasteiger partial charge is 0.507 e. The summed E-state index contributed by atoms with van der Waals surface area (Å²) in [5, 5.41) is 11.2. The number of benzene rings is 2. The Morgan fingerprint density at radius 1 is 1.03 bits per heavy atom. The van der Waals surface area contributed by atoms with E-state index >= 15 is 0 Å². The lowest BCUT2D eigenvalue weighted by Crippen LogP contribution is -2.29. The second kappa shape index (κ2) is 8.86. The van der Waals surface area contributed by atoms with Crippen LogP contribution in [0.25, 0.3) is 5.76 Å². The van der Waals surface area contributed by atoms with Crippen molar-refractivity contribution in [1.29, 1.82) is 0 Å². The van der Waals surface area contributed by atoms with Crippen LogP contribution in [0.5, 0.6) is 11.5 Å². The Labute approximate surface area is 191 Å². The average Bonchev–Trinajstić information content (AvgIpc) is 3.34. The Bertz CT molecular complexity index is 1220. The monoisotopic (exact) mass is 447 g/mol. The number of rotatable bonds is 6. The lowest BCUT2D eigenvalue weighted by atomic mass is 9.99. The van der Waals surface area contributed by atoms with Gasteiger partial charge in [0.1, 0.15) is 34.8 Å². The van der Waals surface area contributed by atoms with Gasteiger partial charge in [-0.05, 0) is 69.3 Å². The van der Waals surface area contributed by atoms with Crippen LogP contribution < -0.4 is 14.4 Å². The maximum Gasteiger partial charge on any atom is 0.300 e. The Balaban J connectivity index is 1.87. The zero-order valence-electron chi connectivity index (χ0n) is 18.9. The molecule has 1 unspecified atom stereocenters. The molecule has 170 valence electrons. The zero-order valence-corrected chi connectivity index (χ0v) is 18.9. The van der Waals surface area contributed by atoms with Gasteiger partial charge in [0.2, 0.25) is 0 Å². The number of ether oxygens (including phenoxy) is 2. The summed E-state index contributed by atoms with van der Waals surface area (Å²) < 4.78 is 16.9. The number of aryl methyl sites for hydroxylation is 1. The molecule has 1 amide bonds. The van der Waals surface area contributed by atoms with Crippen LogP contribution >= 0.6 is 0 Å². The van der Waals surface area contributed by atoms with Gasteiger partial charge in [-0.3, -0.25) is 14.5 Å². The number of methoxy groups -OCH3 is 1. The van der Waals surface area contributed by atoms with Gasteiger partial charge in [0.15, 0.2) is 0 Å². The minimum absolute atomic E-state index is 0.00202. The molecule has 1 fully saturated rings.